The van der Waals surface area contributed by atoms with Crippen LogP contribution < -0.4 is 10.2 Å². The summed E-state index contributed by atoms with van der Waals surface area (Å²) in [5.74, 6) is -1.52. The molecule has 1 aliphatic rings. The zero-order valence-corrected chi connectivity index (χ0v) is 17.4. The van der Waals surface area contributed by atoms with Crippen LogP contribution in [-0.2, 0) is 15.8 Å². The molecule has 1 saturated heterocycles. The second-order valence-electron chi connectivity index (χ2n) is 6.92. The number of benzene rings is 2. The number of aromatic nitrogens is 3. The molecule has 0 aliphatic carbocycles. The van der Waals surface area contributed by atoms with Crippen LogP contribution >= 0.6 is 15.9 Å². The summed E-state index contributed by atoms with van der Waals surface area (Å²) in [5.41, 5.74) is -0.128. The van der Waals surface area contributed by atoms with Gasteiger partial charge in [0.1, 0.15) is 12.7 Å². The molecule has 1 aliphatic heterocycles. The molecule has 0 radical (unpaired) electrons. The summed E-state index contributed by atoms with van der Waals surface area (Å²) in [7, 11) is 0. The molecule has 2 aromatic carbocycles. The first-order chi connectivity index (χ1) is 14.7. The Balaban J connectivity index is 1.60. The molecular weight excluding hydrogens is 479 g/mol. The van der Waals surface area contributed by atoms with Gasteiger partial charge in [-0.2, -0.15) is 18.3 Å². The maximum atomic E-state index is 13.2. The average molecular weight is 494 g/mol. The van der Waals surface area contributed by atoms with Crippen molar-refractivity contribution in [3.8, 4) is 5.69 Å². The van der Waals surface area contributed by atoms with E-state index in [1.165, 1.54) is 28.3 Å². The second-order valence-corrected chi connectivity index (χ2v) is 7.77. The topological polar surface area (TPSA) is 80.1 Å². The lowest BCUT2D eigenvalue weighted by molar-refractivity contribution is -0.137. The molecule has 1 unspecified atom stereocenters. The summed E-state index contributed by atoms with van der Waals surface area (Å²) in [6, 6.07) is 10.1. The van der Waals surface area contributed by atoms with E-state index in [9.17, 15) is 22.8 Å². The predicted molar refractivity (Wildman–Crippen MR) is 110 cm³/mol. The van der Waals surface area contributed by atoms with Gasteiger partial charge in [0, 0.05) is 17.4 Å². The fraction of sp³-hybridized carbons (Fsp3) is 0.200. The first kappa shape index (κ1) is 21.0. The van der Waals surface area contributed by atoms with Crippen molar-refractivity contribution in [1.82, 2.24) is 14.8 Å². The Morgan fingerprint density at radius 1 is 1.16 bits per heavy atom. The molecule has 1 aromatic heterocycles. The minimum atomic E-state index is -4.58. The third-order valence-electron chi connectivity index (χ3n) is 4.89. The van der Waals surface area contributed by atoms with E-state index in [0.717, 1.165) is 12.1 Å². The number of alkyl halides is 3. The van der Waals surface area contributed by atoms with Gasteiger partial charge in [-0.3, -0.25) is 9.59 Å². The summed E-state index contributed by atoms with van der Waals surface area (Å²) >= 11 is 3.39. The van der Waals surface area contributed by atoms with Crippen molar-refractivity contribution in [2.45, 2.75) is 12.6 Å². The number of anilines is 2. The minimum Gasteiger partial charge on any atom is -0.324 e. The van der Waals surface area contributed by atoms with E-state index in [2.05, 4.69) is 31.3 Å². The van der Waals surface area contributed by atoms with Crippen LogP contribution in [0.2, 0.25) is 0 Å². The number of amides is 2. The lowest BCUT2D eigenvalue weighted by Gasteiger charge is -2.19. The molecule has 3 aromatic rings. The van der Waals surface area contributed by atoms with Crippen LogP contribution in [0.4, 0.5) is 24.5 Å². The highest BCUT2D eigenvalue weighted by atomic mass is 79.9. The normalized spacial score (nSPS) is 16.6. The van der Waals surface area contributed by atoms with E-state index >= 15 is 0 Å². The van der Waals surface area contributed by atoms with Crippen molar-refractivity contribution in [3.63, 3.8) is 0 Å². The Morgan fingerprint density at radius 3 is 2.61 bits per heavy atom. The molecule has 160 valence electrons. The van der Waals surface area contributed by atoms with E-state index < -0.39 is 23.6 Å². The van der Waals surface area contributed by atoms with E-state index in [-0.39, 0.29) is 30.2 Å². The number of carbonyl (C=O) groups is 2. The molecule has 2 amide bonds. The summed E-state index contributed by atoms with van der Waals surface area (Å²) in [6.45, 7) is 0.116. The SMILES string of the molecule is O=C(Nc1cc(C(F)(F)F)ccc1-n1cncn1)C1CC(=O)N(c2ccccc2Br)C1. The predicted octanol–water partition coefficient (Wildman–Crippen LogP) is 4.04. The number of hydrogen-bond acceptors (Lipinski definition) is 4. The molecule has 0 saturated carbocycles. The Hall–Kier alpha value is -3.21. The molecule has 1 N–H and O–H groups in total. The maximum absolute atomic E-state index is 13.2. The summed E-state index contributed by atoms with van der Waals surface area (Å²) in [4.78, 5) is 30.6. The monoisotopic (exact) mass is 493 g/mol. The standard InChI is InChI=1S/C20H15BrF3N5O2/c21-14-3-1-2-4-16(14)28-9-12(7-18(28)30)19(31)27-15-8-13(20(22,23)24)5-6-17(15)29-11-25-10-26-29/h1-6,8,10-12H,7,9H2,(H,27,31). The highest BCUT2D eigenvalue weighted by molar-refractivity contribution is 9.10. The quantitative estimate of drug-likeness (QED) is 0.594. The molecule has 1 fully saturated rings. The zero-order chi connectivity index (χ0) is 22.2. The van der Waals surface area contributed by atoms with Crippen LogP contribution in [0.5, 0.6) is 0 Å². The van der Waals surface area contributed by atoms with Crippen LogP contribution in [0.15, 0.2) is 59.6 Å². The number of nitrogens with one attached hydrogen (secondary N) is 1. The van der Waals surface area contributed by atoms with Gasteiger partial charge in [-0.1, -0.05) is 12.1 Å². The molecule has 0 bridgehead atoms. The highest BCUT2D eigenvalue weighted by Crippen LogP contribution is 2.35. The Morgan fingerprint density at radius 2 is 1.94 bits per heavy atom. The van der Waals surface area contributed by atoms with Crippen LogP contribution in [0.3, 0.4) is 0 Å². The van der Waals surface area contributed by atoms with Crippen molar-refractivity contribution < 1.29 is 22.8 Å². The molecule has 7 nitrogen and oxygen atoms in total. The van der Waals surface area contributed by atoms with E-state index in [4.69, 9.17) is 0 Å². The van der Waals surface area contributed by atoms with Crippen LogP contribution in [0.1, 0.15) is 12.0 Å². The van der Waals surface area contributed by atoms with Gasteiger partial charge in [0.2, 0.25) is 11.8 Å². The van der Waals surface area contributed by atoms with Gasteiger partial charge in [0.05, 0.1) is 28.5 Å². The summed E-state index contributed by atoms with van der Waals surface area (Å²) in [5, 5.41) is 6.47. The number of carbonyl (C=O) groups excluding carboxylic acids is 2. The van der Waals surface area contributed by atoms with Gasteiger partial charge >= 0.3 is 6.18 Å². The van der Waals surface area contributed by atoms with Crippen molar-refractivity contribution in [2.75, 3.05) is 16.8 Å². The number of nitrogens with zero attached hydrogens (tertiary/aromatic N) is 4. The number of para-hydroxylation sites is 1. The highest BCUT2D eigenvalue weighted by Gasteiger charge is 2.37. The van der Waals surface area contributed by atoms with Crippen LogP contribution in [0.25, 0.3) is 5.69 Å². The first-order valence-corrected chi connectivity index (χ1v) is 9.95. The van der Waals surface area contributed by atoms with Crippen molar-refractivity contribution in [3.05, 3.63) is 65.2 Å². The third kappa shape index (κ3) is 4.31. The molecule has 31 heavy (non-hydrogen) atoms. The Bertz CT molecular complexity index is 1130. The van der Waals surface area contributed by atoms with E-state index in [0.29, 0.717) is 10.2 Å². The molecule has 2 heterocycles. The molecule has 4 rings (SSSR count). The van der Waals surface area contributed by atoms with Gasteiger partial charge in [-0.25, -0.2) is 9.67 Å². The largest absolute Gasteiger partial charge is 0.416 e. The third-order valence-corrected chi connectivity index (χ3v) is 5.56. The van der Waals surface area contributed by atoms with Crippen LogP contribution in [-0.4, -0.2) is 33.1 Å². The van der Waals surface area contributed by atoms with Gasteiger partial charge in [0.25, 0.3) is 0 Å². The Labute approximate surface area is 183 Å². The zero-order valence-electron chi connectivity index (χ0n) is 15.8. The number of hydrogen-bond donors (Lipinski definition) is 1. The average Bonchev–Trinajstić information content (AvgIpc) is 3.38. The number of rotatable bonds is 4. The summed E-state index contributed by atoms with van der Waals surface area (Å²) < 4.78 is 41.6. The van der Waals surface area contributed by atoms with Crippen molar-refractivity contribution in [1.29, 1.82) is 0 Å². The second kappa shape index (κ2) is 8.14. The molecule has 11 heteroatoms. The van der Waals surface area contributed by atoms with Crippen LogP contribution in [0, 0.1) is 5.92 Å². The van der Waals surface area contributed by atoms with E-state index in [1.807, 2.05) is 0 Å². The maximum Gasteiger partial charge on any atom is 0.416 e. The first-order valence-electron chi connectivity index (χ1n) is 9.16. The number of halogens is 4. The molecular formula is C20H15BrF3N5O2. The van der Waals surface area contributed by atoms with Gasteiger partial charge in [-0.15, -0.1) is 0 Å². The molecule has 1 atom stereocenters. The lowest BCUT2D eigenvalue weighted by atomic mass is 10.1. The fourth-order valence-corrected chi connectivity index (χ4v) is 3.87. The Kier molecular flexibility index (Phi) is 5.52. The van der Waals surface area contributed by atoms with Gasteiger partial charge in [0.15, 0.2) is 0 Å². The minimum absolute atomic E-state index is 0.0508. The van der Waals surface area contributed by atoms with Crippen molar-refractivity contribution >= 4 is 39.1 Å². The lowest BCUT2D eigenvalue weighted by Crippen LogP contribution is -2.28. The molecule has 0 spiro atoms. The van der Waals surface area contributed by atoms with Gasteiger partial charge in [-0.05, 0) is 46.3 Å². The fourth-order valence-electron chi connectivity index (χ4n) is 3.37. The van der Waals surface area contributed by atoms with E-state index in [1.54, 1.807) is 24.3 Å². The summed E-state index contributed by atoms with van der Waals surface area (Å²) in [6.07, 6.45) is -2.09. The van der Waals surface area contributed by atoms with Gasteiger partial charge < -0.3 is 10.2 Å². The van der Waals surface area contributed by atoms with Crippen molar-refractivity contribution in [2.24, 2.45) is 5.92 Å². The smallest absolute Gasteiger partial charge is 0.324 e.